The van der Waals surface area contributed by atoms with Gasteiger partial charge in [-0.3, -0.25) is 19.2 Å². The number of carboxylic acid groups (broad SMARTS) is 3. The molecule has 0 saturated carbocycles. The van der Waals surface area contributed by atoms with Crippen LogP contribution >= 0.6 is 0 Å². The Hall–Kier alpha value is -4.58. The Bertz CT molecular complexity index is 1710. The average Bonchev–Trinajstić information content (AvgIpc) is 4.01. The molecule has 3 aromatic carbocycles. The first-order valence-electron chi connectivity index (χ1n) is 20.4. The highest BCUT2D eigenvalue weighted by Gasteiger charge is 2.33. The number of carbonyl (C=O) groups excluding carboxylic acids is 1. The Labute approximate surface area is 330 Å². The number of nitrogens with one attached hydrogen (secondary N) is 3. The summed E-state index contributed by atoms with van der Waals surface area (Å²) in [6.45, 7) is 5.60. The van der Waals surface area contributed by atoms with E-state index in [0.717, 1.165) is 85.4 Å². The summed E-state index contributed by atoms with van der Waals surface area (Å²) in [5.74, 6) is -3.45. The van der Waals surface area contributed by atoms with E-state index < -0.39 is 35.7 Å². The van der Waals surface area contributed by atoms with Crippen molar-refractivity contribution < 1.29 is 34.5 Å². The van der Waals surface area contributed by atoms with Gasteiger partial charge < -0.3 is 36.2 Å². The van der Waals surface area contributed by atoms with E-state index in [1.165, 1.54) is 0 Å². The fraction of sp³-hybridized carbons (Fsp3) is 0.511. The Morgan fingerprint density at radius 3 is 1.21 bits per heavy atom. The van der Waals surface area contributed by atoms with Crippen molar-refractivity contribution in [1.29, 1.82) is 0 Å². The van der Waals surface area contributed by atoms with E-state index in [0.29, 0.717) is 51.7 Å². The molecule has 1 amide bonds. The fourth-order valence-electron chi connectivity index (χ4n) is 9.06. The van der Waals surface area contributed by atoms with Gasteiger partial charge in [-0.05, 0) is 142 Å². The monoisotopic (exact) mass is 766 g/mol. The molecule has 0 spiro atoms. The molecule has 0 aliphatic carbocycles. The Morgan fingerprint density at radius 1 is 0.536 bits per heavy atom. The standard InChI is InChI=1S/C45H58N4O7/c50-42(26-35-9-3-8-34(22-35)25-41(45(55)56)38-12-17-48-29-38)49(18-13-30-4-1-6-32(20-30)23-39(43(51)52)36-10-15-46-27-36)19-14-31-5-2-7-33(21-31)24-40(44(53)54)37-11-16-47-28-37/h1-9,20-22,36-41,46-48H,10-19,23-29H2,(H,51,52)(H,53,54)(H,55,56)/t36-,37-,38-,39-,40-,41-/m0/s1. The van der Waals surface area contributed by atoms with Crippen LogP contribution in [0.15, 0.2) is 72.8 Å². The maximum Gasteiger partial charge on any atom is 0.307 e. The Balaban J connectivity index is 1.15. The second-order valence-corrected chi connectivity index (χ2v) is 16.2. The van der Waals surface area contributed by atoms with Gasteiger partial charge in [-0.15, -0.1) is 0 Å². The first-order chi connectivity index (χ1) is 27.1. The molecule has 11 nitrogen and oxygen atoms in total. The topological polar surface area (TPSA) is 168 Å². The van der Waals surface area contributed by atoms with Crippen LogP contribution in [0.5, 0.6) is 0 Å². The number of hydrogen-bond donors (Lipinski definition) is 6. The summed E-state index contributed by atoms with van der Waals surface area (Å²) in [6.07, 6.45) is 5.29. The van der Waals surface area contributed by atoms with Gasteiger partial charge in [-0.25, -0.2) is 0 Å². The lowest BCUT2D eigenvalue weighted by Gasteiger charge is -2.24. The van der Waals surface area contributed by atoms with Crippen molar-refractivity contribution in [1.82, 2.24) is 20.9 Å². The molecule has 6 rings (SSSR count). The molecule has 3 fully saturated rings. The highest BCUT2D eigenvalue weighted by molar-refractivity contribution is 5.79. The molecule has 6 atom stereocenters. The van der Waals surface area contributed by atoms with Gasteiger partial charge in [0, 0.05) is 13.1 Å². The minimum atomic E-state index is -0.789. The summed E-state index contributed by atoms with van der Waals surface area (Å²) in [6, 6.07) is 23.9. The molecule has 11 heteroatoms. The second-order valence-electron chi connectivity index (χ2n) is 16.2. The lowest BCUT2D eigenvalue weighted by Crippen LogP contribution is -2.36. The number of carbonyl (C=O) groups is 4. The molecule has 0 unspecified atom stereocenters. The number of aliphatic carboxylic acids is 3. The highest BCUT2D eigenvalue weighted by Crippen LogP contribution is 2.27. The quantitative estimate of drug-likeness (QED) is 0.0986. The Morgan fingerprint density at radius 2 is 0.875 bits per heavy atom. The third-order valence-corrected chi connectivity index (χ3v) is 12.3. The van der Waals surface area contributed by atoms with E-state index in [9.17, 15) is 34.5 Å². The van der Waals surface area contributed by atoms with Crippen molar-refractivity contribution in [2.45, 2.75) is 57.8 Å². The maximum absolute atomic E-state index is 14.2. The van der Waals surface area contributed by atoms with Crippen LogP contribution < -0.4 is 16.0 Å². The predicted molar refractivity (Wildman–Crippen MR) is 214 cm³/mol. The van der Waals surface area contributed by atoms with Gasteiger partial charge in [0.25, 0.3) is 0 Å². The molecule has 0 bridgehead atoms. The van der Waals surface area contributed by atoms with Crippen molar-refractivity contribution >= 4 is 23.8 Å². The molecule has 3 aliphatic heterocycles. The molecule has 3 saturated heterocycles. The van der Waals surface area contributed by atoms with Crippen LogP contribution in [0.1, 0.15) is 52.6 Å². The number of benzene rings is 3. The molecule has 3 aliphatic rings. The number of rotatable bonds is 20. The van der Waals surface area contributed by atoms with Gasteiger partial charge in [0.15, 0.2) is 0 Å². The van der Waals surface area contributed by atoms with Crippen molar-refractivity contribution in [3.8, 4) is 0 Å². The summed E-state index contributed by atoms with van der Waals surface area (Å²) in [7, 11) is 0. The van der Waals surface area contributed by atoms with Crippen LogP contribution in [0.2, 0.25) is 0 Å². The van der Waals surface area contributed by atoms with E-state index in [2.05, 4.69) is 28.1 Å². The third kappa shape index (κ3) is 11.5. The van der Waals surface area contributed by atoms with Gasteiger partial charge in [-0.2, -0.15) is 0 Å². The molecule has 3 heterocycles. The number of nitrogens with zero attached hydrogens (tertiary/aromatic N) is 1. The summed E-state index contributed by atoms with van der Waals surface area (Å²) >= 11 is 0. The van der Waals surface area contributed by atoms with E-state index in [-0.39, 0.29) is 30.1 Å². The third-order valence-electron chi connectivity index (χ3n) is 12.3. The van der Waals surface area contributed by atoms with Crippen molar-refractivity contribution in [2.24, 2.45) is 35.5 Å². The molecule has 3 aromatic rings. The fourth-order valence-corrected chi connectivity index (χ4v) is 9.06. The van der Waals surface area contributed by atoms with Crippen LogP contribution in [0.3, 0.4) is 0 Å². The zero-order valence-electron chi connectivity index (χ0n) is 32.3. The van der Waals surface area contributed by atoms with Gasteiger partial charge in [0.2, 0.25) is 5.91 Å². The van der Waals surface area contributed by atoms with Crippen molar-refractivity contribution in [3.05, 3.63) is 106 Å². The molecule has 6 N–H and O–H groups in total. The molecule has 300 valence electrons. The van der Waals surface area contributed by atoms with Crippen molar-refractivity contribution in [3.63, 3.8) is 0 Å². The largest absolute Gasteiger partial charge is 0.481 e. The summed E-state index contributed by atoms with van der Waals surface area (Å²) < 4.78 is 0. The SMILES string of the molecule is O=C(O)[C@@H](Cc1cccc(CCN(CCc2cccc(C[C@H](C(=O)O)[C@H]3CCNC3)c2)C(=O)Cc2cccc(C[C@H](C(=O)O)[C@H]3CCNC3)c2)c1)[C@H]1CCNC1. The van der Waals surface area contributed by atoms with E-state index in [1.54, 1.807) is 0 Å². The van der Waals surface area contributed by atoms with E-state index in [4.69, 9.17) is 0 Å². The van der Waals surface area contributed by atoms with E-state index in [1.807, 2.05) is 65.6 Å². The molecular weight excluding hydrogens is 709 g/mol. The number of carboxylic acids is 3. The lowest BCUT2D eigenvalue weighted by atomic mass is 9.85. The minimum absolute atomic E-state index is 0.0245. The van der Waals surface area contributed by atoms with Gasteiger partial charge in [-0.1, -0.05) is 72.8 Å². The first-order valence-corrected chi connectivity index (χ1v) is 20.4. The van der Waals surface area contributed by atoms with Crippen LogP contribution in [-0.2, 0) is 57.7 Å². The molecular formula is C45H58N4O7. The van der Waals surface area contributed by atoms with Crippen LogP contribution in [0, 0.1) is 35.5 Å². The van der Waals surface area contributed by atoms with Crippen LogP contribution in [0.4, 0.5) is 0 Å². The first kappa shape index (κ1) is 41.1. The number of amides is 1. The smallest absolute Gasteiger partial charge is 0.307 e. The van der Waals surface area contributed by atoms with E-state index >= 15 is 0 Å². The van der Waals surface area contributed by atoms with Gasteiger partial charge in [0.1, 0.15) is 0 Å². The predicted octanol–water partition coefficient (Wildman–Crippen LogP) is 4.10. The van der Waals surface area contributed by atoms with Crippen molar-refractivity contribution in [2.75, 3.05) is 52.4 Å². The summed E-state index contributed by atoms with van der Waals surface area (Å²) in [5.41, 5.74) is 5.80. The lowest BCUT2D eigenvalue weighted by molar-refractivity contribution is -0.144. The normalized spacial score (nSPS) is 21.0. The highest BCUT2D eigenvalue weighted by atomic mass is 16.4. The van der Waals surface area contributed by atoms with Gasteiger partial charge in [0.05, 0.1) is 24.2 Å². The summed E-state index contributed by atoms with van der Waals surface area (Å²) in [4.78, 5) is 52.7. The van der Waals surface area contributed by atoms with Crippen LogP contribution in [0.25, 0.3) is 0 Å². The molecule has 0 radical (unpaired) electrons. The number of hydrogen-bond acceptors (Lipinski definition) is 7. The zero-order chi connectivity index (χ0) is 39.4. The zero-order valence-corrected chi connectivity index (χ0v) is 32.3. The average molecular weight is 767 g/mol. The molecule has 0 aromatic heterocycles. The molecule has 56 heavy (non-hydrogen) atoms. The minimum Gasteiger partial charge on any atom is -0.481 e. The maximum atomic E-state index is 14.2. The Kier molecular flexibility index (Phi) is 14.7. The van der Waals surface area contributed by atoms with Gasteiger partial charge >= 0.3 is 17.9 Å². The second kappa shape index (κ2) is 20.0. The van der Waals surface area contributed by atoms with Crippen LogP contribution in [-0.4, -0.2) is 96.4 Å². The summed E-state index contributed by atoms with van der Waals surface area (Å²) in [5, 5.41) is 39.9.